The van der Waals surface area contributed by atoms with Gasteiger partial charge in [0.15, 0.2) is 0 Å². The number of allylic oxidation sites excluding steroid dienone is 2. The molecule has 0 radical (unpaired) electrons. The summed E-state index contributed by atoms with van der Waals surface area (Å²) in [6, 6.07) is 6.67. The van der Waals surface area contributed by atoms with Crippen molar-refractivity contribution in [2.45, 2.75) is 30.8 Å². The van der Waals surface area contributed by atoms with Crippen LogP contribution >= 0.6 is 0 Å². The Morgan fingerprint density at radius 1 is 1.17 bits per heavy atom. The van der Waals surface area contributed by atoms with Crippen LogP contribution < -0.4 is 4.83 Å². The molecule has 0 bridgehead atoms. The van der Waals surface area contributed by atoms with E-state index in [-0.39, 0.29) is 10.8 Å². The Bertz CT molecular complexity index is 783. The topological polar surface area (TPSA) is 78.8 Å². The Morgan fingerprint density at radius 3 is 2.61 bits per heavy atom. The first-order chi connectivity index (χ1) is 11.0. The number of aliphatic hydroxyl groups excluding tert-OH is 1. The summed E-state index contributed by atoms with van der Waals surface area (Å²) >= 11 is 0. The molecule has 3 aliphatic carbocycles. The van der Waals surface area contributed by atoms with Crippen molar-refractivity contribution in [3.63, 3.8) is 0 Å². The Balaban J connectivity index is 1.57. The molecule has 5 nitrogen and oxygen atoms in total. The van der Waals surface area contributed by atoms with Crippen LogP contribution in [0, 0.1) is 30.6 Å². The second-order valence-corrected chi connectivity index (χ2v) is 8.49. The number of sulfonamides is 1. The minimum atomic E-state index is -3.66. The number of nitrogens with one attached hydrogen (secondary N) is 1. The van der Waals surface area contributed by atoms with E-state index in [9.17, 15) is 13.5 Å². The molecule has 0 aromatic heterocycles. The van der Waals surface area contributed by atoms with Crippen LogP contribution in [0.2, 0.25) is 0 Å². The van der Waals surface area contributed by atoms with Gasteiger partial charge in [-0.15, -0.1) is 0 Å². The van der Waals surface area contributed by atoms with Gasteiger partial charge in [-0.2, -0.15) is 13.5 Å². The highest BCUT2D eigenvalue weighted by Gasteiger charge is 2.54. The molecular formula is C17H20N2O3S. The third-order valence-electron chi connectivity index (χ3n) is 5.41. The maximum atomic E-state index is 12.3. The van der Waals surface area contributed by atoms with E-state index < -0.39 is 16.1 Å². The van der Waals surface area contributed by atoms with E-state index >= 15 is 0 Å². The molecule has 5 atom stereocenters. The van der Waals surface area contributed by atoms with Gasteiger partial charge >= 0.3 is 0 Å². The maximum absolute atomic E-state index is 12.3. The van der Waals surface area contributed by atoms with Crippen molar-refractivity contribution in [1.82, 2.24) is 4.83 Å². The van der Waals surface area contributed by atoms with E-state index in [1.54, 1.807) is 24.3 Å². The summed E-state index contributed by atoms with van der Waals surface area (Å²) < 4.78 is 24.7. The molecule has 2 fully saturated rings. The Hall–Kier alpha value is -1.66. The third kappa shape index (κ3) is 2.40. The van der Waals surface area contributed by atoms with Gasteiger partial charge in [-0.05, 0) is 49.7 Å². The van der Waals surface area contributed by atoms with Crippen LogP contribution in [-0.4, -0.2) is 25.3 Å². The molecule has 0 aliphatic heterocycles. The molecule has 0 heterocycles. The van der Waals surface area contributed by atoms with Gasteiger partial charge in [-0.1, -0.05) is 29.8 Å². The minimum Gasteiger partial charge on any atom is -0.392 e. The van der Waals surface area contributed by atoms with Gasteiger partial charge in [0.2, 0.25) is 0 Å². The van der Waals surface area contributed by atoms with Gasteiger partial charge in [0.25, 0.3) is 10.0 Å². The quantitative estimate of drug-likeness (QED) is 0.655. The largest absolute Gasteiger partial charge is 0.392 e. The van der Waals surface area contributed by atoms with Crippen LogP contribution in [0.25, 0.3) is 0 Å². The van der Waals surface area contributed by atoms with Crippen LogP contribution in [0.1, 0.15) is 18.4 Å². The molecule has 0 amide bonds. The van der Waals surface area contributed by atoms with Gasteiger partial charge in [-0.25, -0.2) is 4.83 Å². The predicted molar refractivity (Wildman–Crippen MR) is 87.3 cm³/mol. The highest BCUT2D eigenvalue weighted by Crippen LogP contribution is 2.53. The van der Waals surface area contributed by atoms with Gasteiger partial charge in [0, 0.05) is 11.6 Å². The third-order valence-corrected chi connectivity index (χ3v) is 6.63. The summed E-state index contributed by atoms with van der Waals surface area (Å²) in [5.41, 5.74) is 1.79. The molecule has 4 rings (SSSR count). The fraction of sp³-hybridized carbons (Fsp3) is 0.471. The zero-order valence-corrected chi connectivity index (χ0v) is 13.7. The smallest absolute Gasteiger partial charge is 0.276 e. The van der Waals surface area contributed by atoms with Crippen LogP contribution in [-0.2, 0) is 10.0 Å². The molecular weight excluding hydrogens is 312 g/mol. The Morgan fingerprint density at radius 2 is 1.87 bits per heavy atom. The number of hydrazone groups is 1. The average Bonchev–Trinajstić information content (AvgIpc) is 3.14. The van der Waals surface area contributed by atoms with Crippen LogP contribution in [0.15, 0.2) is 46.4 Å². The van der Waals surface area contributed by atoms with Crippen molar-refractivity contribution in [2.24, 2.45) is 28.8 Å². The summed E-state index contributed by atoms with van der Waals surface area (Å²) in [5.74, 6) is 1.19. The molecule has 1 aromatic carbocycles. The second-order valence-electron chi connectivity index (χ2n) is 6.83. The number of nitrogens with zero attached hydrogens (tertiary/aromatic N) is 1. The van der Waals surface area contributed by atoms with Gasteiger partial charge < -0.3 is 5.11 Å². The standard InChI is InChI=1S/C17H20N2O3S/c1-10-2-6-13(7-3-10)23(21,22)19-18-14-8-11-4-5-12-9-15(20)17(14)16(11)12/h2-7,11-12,15-17,19-20H,8-9H2,1H3/b18-14-. The van der Waals surface area contributed by atoms with Crippen molar-refractivity contribution in [3.05, 3.63) is 42.0 Å². The van der Waals surface area contributed by atoms with Gasteiger partial charge in [0.05, 0.1) is 11.0 Å². The predicted octanol–water partition coefficient (Wildman–Crippen LogP) is 1.83. The highest BCUT2D eigenvalue weighted by molar-refractivity contribution is 7.89. The fourth-order valence-corrected chi connectivity index (χ4v) is 5.18. The van der Waals surface area contributed by atoms with Crippen LogP contribution in [0.4, 0.5) is 0 Å². The maximum Gasteiger partial charge on any atom is 0.276 e. The SMILES string of the molecule is Cc1ccc(S(=O)(=O)N/N=C2/CC3C=CC4CC(O)C2C34)cc1. The van der Waals surface area contributed by atoms with Crippen molar-refractivity contribution in [3.8, 4) is 0 Å². The molecule has 0 saturated heterocycles. The number of aryl methyl sites for hydroxylation is 1. The normalized spacial score (nSPS) is 36.6. The summed E-state index contributed by atoms with van der Waals surface area (Å²) in [7, 11) is -3.66. The summed E-state index contributed by atoms with van der Waals surface area (Å²) in [6.07, 6.45) is 5.47. The van der Waals surface area contributed by atoms with Crippen molar-refractivity contribution in [1.29, 1.82) is 0 Å². The molecule has 6 heteroatoms. The number of aliphatic hydroxyl groups is 1. The van der Waals surface area contributed by atoms with E-state index in [2.05, 4.69) is 22.1 Å². The van der Waals surface area contributed by atoms with E-state index in [1.165, 1.54) is 0 Å². The first-order valence-corrected chi connectivity index (χ1v) is 9.45. The van der Waals surface area contributed by atoms with Crippen LogP contribution in [0.5, 0.6) is 0 Å². The lowest BCUT2D eigenvalue weighted by Crippen LogP contribution is -2.26. The van der Waals surface area contributed by atoms with Crippen molar-refractivity contribution < 1.29 is 13.5 Å². The molecule has 1 aromatic rings. The van der Waals surface area contributed by atoms with Gasteiger partial charge in [-0.3, -0.25) is 0 Å². The van der Waals surface area contributed by atoms with Crippen LogP contribution in [0.3, 0.4) is 0 Å². The monoisotopic (exact) mass is 332 g/mol. The molecule has 2 saturated carbocycles. The molecule has 2 N–H and O–H groups in total. The Labute approximate surface area is 136 Å². The van der Waals surface area contributed by atoms with E-state index in [1.807, 2.05) is 6.92 Å². The first-order valence-electron chi connectivity index (χ1n) is 7.97. The lowest BCUT2D eigenvalue weighted by atomic mass is 9.91. The minimum absolute atomic E-state index is 0.0132. The average molecular weight is 332 g/mol. The van der Waals surface area contributed by atoms with Crippen molar-refractivity contribution in [2.75, 3.05) is 0 Å². The molecule has 23 heavy (non-hydrogen) atoms. The van der Waals surface area contributed by atoms with E-state index in [0.717, 1.165) is 24.1 Å². The lowest BCUT2D eigenvalue weighted by Gasteiger charge is -2.15. The zero-order chi connectivity index (χ0) is 16.2. The van der Waals surface area contributed by atoms with Gasteiger partial charge in [0.1, 0.15) is 0 Å². The summed E-state index contributed by atoms with van der Waals surface area (Å²) in [4.78, 5) is 2.56. The zero-order valence-electron chi connectivity index (χ0n) is 12.9. The van der Waals surface area contributed by atoms with E-state index in [0.29, 0.717) is 17.8 Å². The number of rotatable bonds is 3. The molecule has 5 unspecified atom stereocenters. The number of hydrogen-bond acceptors (Lipinski definition) is 4. The van der Waals surface area contributed by atoms with E-state index in [4.69, 9.17) is 0 Å². The Kier molecular flexibility index (Phi) is 3.35. The highest BCUT2D eigenvalue weighted by atomic mass is 32.2. The first kappa shape index (κ1) is 14.9. The molecule has 3 aliphatic rings. The number of benzene rings is 1. The lowest BCUT2D eigenvalue weighted by molar-refractivity contribution is 0.151. The molecule has 122 valence electrons. The molecule has 0 spiro atoms. The van der Waals surface area contributed by atoms with Crippen molar-refractivity contribution >= 4 is 15.7 Å². The second kappa shape index (κ2) is 5.18. The number of hydrogen-bond donors (Lipinski definition) is 2. The summed E-state index contributed by atoms with van der Waals surface area (Å²) in [6.45, 7) is 1.91. The summed E-state index contributed by atoms with van der Waals surface area (Å²) in [5, 5.41) is 14.5. The fourth-order valence-electron chi connectivity index (χ4n) is 4.34.